The van der Waals surface area contributed by atoms with E-state index in [0.29, 0.717) is 6.04 Å². The molecule has 1 aromatic rings. The Morgan fingerprint density at radius 2 is 2.20 bits per heavy atom. The van der Waals surface area contributed by atoms with E-state index < -0.39 is 0 Å². The molecule has 1 fully saturated rings. The van der Waals surface area contributed by atoms with Gasteiger partial charge in [0.2, 0.25) is 5.13 Å². The molecule has 3 atom stereocenters. The summed E-state index contributed by atoms with van der Waals surface area (Å²) in [5.74, 6) is 1.67. The minimum atomic E-state index is 0.574. The number of hydrogen-bond donors (Lipinski definition) is 2. The molecule has 1 aliphatic rings. The van der Waals surface area contributed by atoms with Gasteiger partial charge in [-0.15, -0.1) is 5.10 Å². The summed E-state index contributed by atoms with van der Waals surface area (Å²) in [5.41, 5.74) is 0. The van der Waals surface area contributed by atoms with Gasteiger partial charge in [0.15, 0.2) is 3.95 Å². The Morgan fingerprint density at radius 1 is 1.40 bits per heavy atom. The van der Waals surface area contributed by atoms with E-state index in [2.05, 4.69) is 29.4 Å². The number of anilines is 1. The maximum Gasteiger partial charge on any atom is 0.204 e. The molecule has 5 heteroatoms. The minimum Gasteiger partial charge on any atom is -0.357 e. The van der Waals surface area contributed by atoms with E-state index in [9.17, 15) is 0 Å². The summed E-state index contributed by atoms with van der Waals surface area (Å²) in [6, 6.07) is 0.574. The lowest BCUT2D eigenvalue weighted by atomic mass is 9.79. The van der Waals surface area contributed by atoms with Gasteiger partial charge in [-0.3, -0.25) is 5.10 Å². The van der Waals surface area contributed by atoms with Gasteiger partial charge in [-0.05, 0) is 43.3 Å². The van der Waals surface area contributed by atoms with Crippen molar-refractivity contribution in [3.63, 3.8) is 0 Å². The van der Waals surface area contributed by atoms with E-state index >= 15 is 0 Å². The Morgan fingerprint density at radius 3 is 2.80 bits per heavy atom. The van der Waals surface area contributed by atoms with Crippen molar-refractivity contribution in [2.75, 3.05) is 5.32 Å². The van der Waals surface area contributed by atoms with E-state index in [1.807, 2.05) is 0 Å². The summed E-state index contributed by atoms with van der Waals surface area (Å²) in [5, 5.41) is 11.3. The molecule has 3 unspecified atom stereocenters. The van der Waals surface area contributed by atoms with Crippen LogP contribution in [0.3, 0.4) is 0 Å². The Bertz CT molecular complexity index is 371. The molecule has 0 aromatic carbocycles. The molecule has 0 bridgehead atoms. The highest BCUT2D eigenvalue weighted by Crippen LogP contribution is 2.31. The van der Waals surface area contributed by atoms with Gasteiger partial charge in [0.1, 0.15) is 0 Å². The van der Waals surface area contributed by atoms with E-state index in [0.717, 1.165) is 20.9 Å². The first-order valence-corrected chi connectivity index (χ1v) is 6.69. The van der Waals surface area contributed by atoms with Crippen LogP contribution in [0.1, 0.15) is 33.1 Å². The second-order valence-corrected chi connectivity index (χ2v) is 6.19. The standard InChI is InChI=1S/C10H17N3S2/c1-6-3-4-8(5-7(6)2)11-9-12-13-10(14)15-9/h6-8H,3-5H2,1-2H3,(H,11,12)(H,13,14). The number of aromatic amines is 1. The Hall–Kier alpha value is -0.420. The highest BCUT2D eigenvalue weighted by atomic mass is 32.1. The first-order chi connectivity index (χ1) is 7.15. The number of hydrogen-bond acceptors (Lipinski definition) is 4. The van der Waals surface area contributed by atoms with Crippen LogP contribution in [0.5, 0.6) is 0 Å². The monoisotopic (exact) mass is 243 g/mol. The van der Waals surface area contributed by atoms with Crippen LogP contribution in [0.15, 0.2) is 0 Å². The molecule has 1 saturated carbocycles. The highest BCUT2D eigenvalue weighted by molar-refractivity contribution is 7.73. The SMILES string of the molecule is CC1CCC(Nc2n[nH]c(=S)s2)CC1C. The van der Waals surface area contributed by atoms with Gasteiger partial charge in [0.05, 0.1) is 0 Å². The number of rotatable bonds is 2. The number of nitrogens with one attached hydrogen (secondary N) is 2. The van der Waals surface area contributed by atoms with Gasteiger partial charge in [-0.25, -0.2) is 0 Å². The number of aromatic nitrogens is 2. The van der Waals surface area contributed by atoms with Gasteiger partial charge in [-0.2, -0.15) is 0 Å². The molecule has 0 spiro atoms. The van der Waals surface area contributed by atoms with Crippen molar-refractivity contribution < 1.29 is 0 Å². The maximum absolute atomic E-state index is 5.00. The third kappa shape index (κ3) is 2.78. The summed E-state index contributed by atoms with van der Waals surface area (Å²) >= 11 is 6.52. The average Bonchev–Trinajstić information content (AvgIpc) is 2.58. The highest BCUT2D eigenvalue weighted by Gasteiger charge is 2.24. The molecule has 15 heavy (non-hydrogen) atoms. The molecule has 1 aromatic heterocycles. The lowest BCUT2D eigenvalue weighted by molar-refractivity contribution is 0.261. The van der Waals surface area contributed by atoms with Crippen molar-refractivity contribution >= 4 is 28.7 Å². The quantitative estimate of drug-likeness (QED) is 0.782. The van der Waals surface area contributed by atoms with Crippen molar-refractivity contribution in [2.24, 2.45) is 11.8 Å². The second-order valence-electron chi connectivity index (χ2n) is 4.53. The molecule has 1 heterocycles. The van der Waals surface area contributed by atoms with Crippen molar-refractivity contribution in [2.45, 2.75) is 39.2 Å². The summed E-state index contributed by atoms with van der Waals surface area (Å²) in [6.45, 7) is 4.68. The summed E-state index contributed by atoms with van der Waals surface area (Å²) in [4.78, 5) is 0. The molecule has 0 aliphatic heterocycles. The summed E-state index contributed by atoms with van der Waals surface area (Å²) in [6.07, 6.45) is 3.81. The van der Waals surface area contributed by atoms with Gasteiger partial charge in [0.25, 0.3) is 0 Å². The van der Waals surface area contributed by atoms with Crippen LogP contribution in [0.4, 0.5) is 5.13 Å². The van der Waals surface area contributed by atoms with Gasteiger partial charge in [-0.1, -0.05) is 25.2 Å². The third-order valence-electron chi connectivity index (χ3n) is 3.36. The zero-order valence-electron chi connectivity index (χ0n) is 9.12. The van der Waals surface area contributed by atoms with Gasteiger partial charge in [0, 0.05) is 6.04 Å². The second kappa shape index (κ2) is 4.61. The predicted octanol–water partition coefficient (Wildman–Crippen LogP) is 3.44. The predicted molar refractivity (Wildman–Crippen MR) is 66.9 cm³/mol. The molecule has 3 nitrogen and oxygen atoms in total. The van der Waals surface area contributed by atoms with Crippen LogP contribution < -0.4 is 5.32 Å². The Balaban J connectivity index is 1.93. The fourth-order valence-corrected chi connectivity index (χ4v) is 3.01. The molecular weight excluding hydrogens is 226 g/mol. The van der Waals surface area contributed by atoms with E-state index in [1.54, 1.807) is 0 Å². The molecule has 2 N–H and O–H groups in total. The summed E-state index contributed by atoms with van der Waals surface area (Å²) in [7, 11) is 0. The maximum atomic E-state index is 5.00. The van der Waals surface area contributed by atoms with Crippen LogP contribution in [0, 0.1) is 15.8 Å². The lowest BCUT2D eigenvalue weighted by Crippen LogP contribution is -2.30. The van der Waals surface area contributed by atoms with Crippen LogP contribution in [-0.4, -0.2) is 16.2 Å². The van der Waals surface area contributed by atoms with Gasteiger partial charge >= 0.3 is 0 Å². The van der Waals surface area contributed by atoms with E-state index in [1.165, 1.54) is 30.6 Å². The zero-order valence-corrected chi connectivity index (χ0v) is 10.8. The van der Waals surface area contributed by atoms with Crippen molar-refractivity contribution in [3.05, 3.63) is 3.95 Å². The fraction of sp³-hybridized carbons (Fsp3) is 0.800. The van der Waals surface area contributed by atoms with Crippen molar-refractivity contribution in [1.82, 2.24) is 10.2 Å². The first-order valence-electron chi connectivity index (χ1n) is 5.47. The Kier molecular flexibility index (Phi) is 3.41. The zero-order chi connectivity index (χ0) is 10.8. The van der Waals surface area contributed by atoms with Crippen LogP contribution in [-0.2, 0) is 0 Å². The van der Waals surface area contributed by atoms with Crippen LogP contribution in [0.25, 0.3) is 0 Å². The smallest absolute Gasteiger partial charge is 0.204 e. The molecule has 0 radical (unpaired) electrons. The molecule has 84 valence electrons. The normalized spacial score (nSPS) is 31.5. The number of nitrogens with zero attached hydrogens (tertiary/aromatic N) is 1. The number of H-pyrrole nitrogens is 1. The topological polar surface area (TPSA) is 40.7 Å². The lowest BCUT2D eigenvalue weighted by Gasteiger charge is -2.32. The van der Waals surface area contributed by atoms with Crippen LogP contribution in [0.2, 0.25) is 0 Å². The third-order valence-corrected chi connectivity index (χ3v) is 4.38. The Labute approximate surface area is 99.3 Å². The summed E-state index contributed by atoms with van der Waals surface area (Å²) < 4.78 is 0.745. The van der Waals surface area contributed by atoms with E-state index in [4.69, 9.17) is 12.2 Å². The van der Waals surface area contributed by atoms with Crippen LogP contribution >= 0.6 is 23.6 Å². The van der Waals surface area contributed by atoms with Crippen molar-refractivity contribution in [1.29, 1.82) is 0 Å². The molecule has 1 aliphatic carbocycles. The molecule has 0 saturated heterocycles. The fourth-order valence-electron chi connectivity index (χ4n) is 2.14. The largest absolute Gasteiger partial charge is 0.357 e. The molecule has 2 rings (SSSR count). The van der Waals surface area contributed by atoms with E-state index in [-0.39, 0.29) is 0 Å². The van der Waals surface area contributed by atoms with Crippen molar-refractivity contribution in [3.8, 4) is 0 Å². The molecular formula is C10H17N3S2. The average molecular weight is 243 g/mol. The van der Waals surface area contributed by atoms with Gasteiger partial charge < -0.3 is 5.32 Å². The molecule has 0 amide bonds. The minimum absolute atomic E-state index is 0.574. The first kappa shape index (κ1) is 11.1.